The maximum absolute atomic E-state index is 13.6. The number of aliphatic imine (C=N–C) groups is 1. The van der Waals surface area contributed by atoms with Crippen LogP contribution < -0.4 is 15.5 Å². The number of anilines is 1. The van der Waals surface area contributed by atoms with Crippen molar-refractivity contribution >= 4 is 41.5 Å². The van der Waals surface area contributed by atoms with Gasteiger partial charge in [-0.05, 0) is 43.2 Å². The van der Waals surface area contributed by atoms with E-state index in [1.807, 2.05) is 18.2 Å². The number of furan rings is 1. The van der Waals surface area contributed by atoms with Gasteiger partial charge in [-0.2, -0.15) is 0 Å². The first kappa shape index (κ1) is 25.0. The average molecular weight is 543 g/mol. The summed E-state index contributed by atoms with van der Waals surface area (Å²) >= 11 is 0. The van der Waals surface area contributed by atoms with E-state index in [-0.39, 0.29) is 48.3 Å². The van der Waals surface area contributed by atoms with E-state index in [1.165, 1.54) is 11.0 Å². The Morgan fingerprint density at radius 1 is 1.32 bits per heavy atom. The zero-order chi connectivity index (χ0) is 21.3. The van der Waals surface area contributed by atoms with Gasteiger partial charge in [-0.1, -0.05) is 6.07 Å². The summed E-state index contributed by atoms with van der Waals surface area (Å²) in [4.78, 5) is 20.1. The van der Waals surface area contributed by atoms with Crippen LogP contribution in [0.25, 0.3) is 0 Å². The molecule has 7 nitrogen and oxygen atoms in total. The standard InChI is InChI=1S/C22H30FN5O2.HI/c1-27(2)21(29)15-25-22(24-11-10-20-9-5-13-30-20)26-18-7-4-12-28(16-18)19-8-3-6-17(23)14-19;/h3,5-6,8-9,13-14,18H,4,7,10-12,15-16H2,1-2H3,(H2,24,25,26);1H. The fraction of sp³-hybridized carbons (Fsp3) is 0.455. The molecule has 0 saturated carbocycles. The SMILES string of the molecule is CN(C)C(=O)CN=C(NCCc1ccco1)NC1CCCN(c2cccc(F)c2)C1.I. The van der Waals surface area contributed by atoms with Crippen molar-refractivity contribution in [1.82, 2.24) is 15.5 Å². The summed E-state index contributed by atoms with van der Waals surface area (Å²) in [7, 11) is 3.43. The summed E-state index contributed by atoms with van der Waals surface area (Å²) < 4.78 is 19.0. The monoisotopic (exact) mass is 543 g/mol. The Kier molecular flexibility index (Phi) is 10.1. The minimum atomic E-state index is -0.230. The van der Waals surface area contributed by atoms with Gasteiger partial charge in [-0.3, -0.25) is 4.79 Å². The van der Waals surface area contributed by atoms with Gasteiger partial charge in [0.25, 0.3) is 0 Å². The molecule has 1 amide bonds. The molecule has 31 heavy (non-hydrogen) atoms. The molecule has 1 aliphatic heterocycles. The maximum Gasteiger partial charge on any atom is 0.243 e. The number of piperidine rings is 1. The highest BCUT2D eigenvalue weighted by atomic mass is 127. The first-order valence-electron chi connectivity index (χ1n) is 10.3. The van der Waals surface area contributed by atoms with Crippen LogP contribution in [0.5, 0.6) is 0 Å². The van der Waals surface area contributed by atoms with E-state index >= 15 is 0 Å². The lowest BCUT2D eigenvalue weighted by molar-refractivity contribution is -0.127. The number of halogens is 2. The molecule has 0 spiro atoms. The Bertz CT molecular complexity index is 844. The second kappa shape index (κ2) is 12.5. The molecule has 2 N–H and O–H groups in total. The van der Waals surface area contributed by atoms with E-state index in [0.29, 0.717) is 12.5 Å². The highest BCUT2D eigenvalue weighted by molar-refractivity contribution is 14.0. The summed E-state index contributed by atoms with van der Waals surface area (Å²) in [6, 6.07) is 10.6. The van der Waals surface area contributed by atoms with Gasteiger partial charge in [0.05, 0.1) is 6.26 Å². The lowest BCUT2D eigenvalue weighted by Gasteiger charge is -2.35. The van der Waals surface area contributed by atoms with E-state index < -0.39 is 0 Å². The van der Waals surface area contributed by atoms with Crippen LogP contribution in [0.4, 0.5) is 10.1 Å². The van der Waals surface area contributed by atoms with Gasteiger partial charge in [0.1, 0.15) is 18.1 Å². The highest BCUT2D eigenvalue weighted by Crippen LogP contribution is 2.20. The van der Waals surface area contributed by atoms with Gasteiger partial charge in [0.2, 0.25) is 5.91 Å². The Morgan fingerprint density at radius 3 is 2.87 bits per heavy atom. The molecule has 9 heteroatoms. The van der Waals surface area contributed by atoms with Gasteiger partial charge in [-0.25, -0.2) is 9.38 Å². The van der Waals surface area contributed by atoms with Crippen LogP contribution in [-0.4, -0.2) is 63.1 Å². The lowest BCUT2D eigenvalue weighted by Crippen LogP contribution is -2.51. The molecule has 1 saturated heterocycles. The van der Waals surface area contributed by atoms with E-state index in [4.69, 9.17) is 4.42 Å². The average Bonchev–Trinajstić information content (AvgIpc) is 3.25. The van der Waals surface area contributed by atoms with Crippen LogP contribution in [0.2, 0.25) is 0 Å². The van der Waals surface area contributed by atoms with Crippen LogP contribution in [0.3, 0.4) is 0 Å². The number of carbonyl (C=O) groups excluding carboxylic acids is 1. The molecule has 170 valence electrons. The van der Waals surface area contributed by atoms with Crippen molar-refractivity contribution in [2.75, 3.05) is 45.2 Å². The topological polar surface area (TPSA) is 73.1 Å². The van der Waals surface area contributed by atoms with Crippen molar-refractivity contribution in [2.24, 2.45) is 4.99 Å². The van der Waals surface area contributed by atoms with E-state index in [2.05, 4.69) is 20.5 Å². The number of guanidine groups is 1. The molecule has 2 heterocycles. The van der Waals surface area contributed by atoms with E-state index in [1.54, 1.807) is 32.5 Å². The quantitative estimate of drug-likeness (QED) is 0.320. The van der Waals surface area contributed by atoms with Crippen LogP contribution >= 0.6 is 24.0 Å². The van der Waals surface area contributed by atoms with Crippen molar-refractivity contribution in [3.8, 4) is 0 Å². The Labute approximate surface area is 200 Å². The molecule has 1 unspecified atom stereocenters. The van der Waals surface area contributed by atoms with Crippen LogP contribution in [0.15, 0.2) is 52.1 Å². The van der Waals surface area contributed by atoms with Gasteiger partial charge in [0, 0.05) is 51.9 Å². The first-order chi connectivity index (χ1) is 14.5. The smallest absolute Gasteiger partial charge is 0.243 e. The molecule has 1 fully saturated rings. The van der Waals surface area contributed by atoms with Gasteiger partial charge >= 0.3 is 0 Å². The number of benzene rings is 1. The molecule has 3 rings (SSSR count). The number of nitrogens with zero attached hydrogens (tertiary/aromatic N) is 3. The molecular formula is C22H31FIN5O2. The van der Waals surface area contributed by atoms with Crippen LogP contribution in [0, 0.1) is 5.82 Å². The number of carbonyl (C=O) groups is 1. The second-order valence-electron chi connectivity index (χ2n) is 7.62. The summed E-state index contributed by atoms with van der Waals surface area (Å²) in [5, 5.41) is 6.74. The Balaban J connectivity index is 0.00000341. The first-order valence-corrected chi connectivity index (χ1v) is 10.3. The lowest BCUT2D eigenvalue weighted by atomic mass is 10.0. The number of likely N-dealkylation sites (N-methyl/N-ethyl adjacent to an activating group) is 1. The molecule has 1 atom stereocenters. The number of hydrogen-bond acceptors (Lipinski definition) is 4. The van der Waals surface area contributed by atoms with E-state index in [0.717, 1.165) is 43.8 Å². The Morgan fingerprint density at radius 2 is 2.16 bits per heavy atom. The zero-order valence-electron chi connectivity index (χ0n) is 18.0. The van der Waals surface area contributed by atoms with Crippen LogP contribution in [0.1, 0.15) is 18.6 Å². The fourth-order valence-electron chi connectivity index (χ4n) is 3.40. The molecule has 2 aromatic rings. The van der Waals surface area contributed by atoms with E-state index in [9.17, 15) is 9.18 Å². The summed E-state index contributed by atoms with van der Waals surface area (Å²) in [5.74, 6) is 1.20. The summed E-state index contributed by atoms with van der Waals surface area (Å²) in [6.07, 6.45) is 4.34. The molecular weight excluding hydrogens is 512 g/mol. The van der Waals surface area contributed by atoms with Gasteiger partial charge in [0.15, 0.2) is 5.96 Å². The molecule has 1 aliphatic rings. The van der Waals surface area contributed by atoms with Crippen molar-refractivity contribution in [3.63, 3.8) is 0 Å². The summed E-state index contributed by atoms with van der Waals surface area (Å²) in [6.45, 7) is 2.34. The number of rotatable bonds is 7. The van der Waals surface area contributed by atoms with Crippen LogP contribution in [-0.2, 0) is 11.2 Å². The van der Waals surface area contributed by atoms with Crippen molar-refractivity contribution < 1.29 is 13.6 Å². The third-order valence-corrected chi connectivity index (χ3v) is 5.05. The molecule has 1 aromatic heterocycles. The Hall–Kier alpha value is -2.30. The third kappa shape index (κ3) is 8.04. The predicted molar refractivity (Wildman–Crippen MR) is 132 cm³/mol. The maximum atomic E-state index is 13.6. The summed E-state index contributed by atoms with van der Waals surface area (Å²) in [5.41, 5.74) is 0.883. The predicted octanol–water partition coefficient (Wildman–Crippen LogP) is 2.87. The number of nitrogens with one attached hydrogen (secondary N) is 2. The molecule has 0 aliphatic carbocycles. The largest absolute Gasteiger partial charge is 0.469 e. The minimum absolute atomic E-state index is 0. The third-order valence-electron chi connectivity index (χ3n) is 5.05. The van der Waals surface area contributed by atoms with Crippen molar-refractivity contribution in [1.29, 1.82) is 0 Å². The second-order valence-corrected chi connectivity index (χ2v) is 7.62. The van der Waals surface area contributed by atoms with Gasteiger partial charge in [-0.15, -0.1) is 24.0 Å². The molecule has 0 radical (unpaired) electrons. The minimum Gasteiger partial charge on any atom is -0.469 e. The normalized spacial score (nSPS) is 16.4. The van der Waals surface area contributed by atoms with Crippen molar-refractivity contribution in [2.45, 2.75) is 25.3 Å². The highest BCUT2D eigenvalue weighted by Gasteiger charge is 2.21. The fourth-order valence-corrected chi connectivity index (χ4v) is 3.40. The molecule has 1 aromatic carbocycles. The van der Waals surface area contributed by atoms with Crippen molar-refractivity contribution in [3.05, 3.63) is 54.2 Å². The number of hydrogen-bond donors (Lipinski definition) is 2. The molecule has 0 bridgehead atoms. The number of amides is 1. The zero-order valence-corrected chi connectivity index (χ0v) is 20.3. The van der Waals surface area contributed by atoms with Gasteiger partial charge < -0.3 is 24.9 Å².